The largest absolute Gasteiger partial charge is 0.349 e. The first-order chi connectivity index (χ1) is 14.7. The van der Waals surface area contributed by atoms with Crippen LogP contribution in [0, 0.1) is 18.8 Å². The Hall–Kier alpha value is -2.93. The predicted molar refractivity (Wildman–Crippen MR) is 121 cm³/mol. The Morgan fingerprint density at radius 1 is 1.00 bits per heavy atom. The number of carbonyl (C=O) groups is 3. The molecule has 31 heavy (non-hydrogen) atoms. The number of hydrogen-bond acceptors (Lipinski definition) is 4. The molecule has 1 aromatic heterocycles. The third-order valence-electron chi connectivity index (χ3n) is 5.53. The van der Waals surface area contributed by atoms with Gasteiger partial charge in [-0.2, -0.15) is 0 Å². The predicted octanol–water partition coefficient (Wildman–Crippen LogP) is 4.13. The number of halogens is 1. The summed E-state index contributed by atoms with van der Waals surface area (Å²) in [5.74, 6) is -0.204. The molecular formula is C23H27ClN4O3. The van der Waals surface area contributed by atoms with E-state index >= 15 is 0 Å². The number of anilines is 2. The second-order valence-corrected chi connectivity index (χ2v) is 8.57. The molecule has 0 unspecified atom stereocenters. The number of rotatable bonds is 5. The molecule has 3 amide bonds. The fourth-order valence-corrected chi connectivity index (χ4v) is 3.90. The first kappa shape index (κ1) is 22.7. The topological polar surface area (TPSA) is 91.4 Å². The van der Waals surface area contributed by atoms with Crippen molar-refractivity contribution in [3.05, 3.63) is 52.7 Å². The number of nitrogens with one attached hydrogen (secondary N) is 2. The molecule has 0 atom stereocenters. The summed E-state index contributed by atoms with van der Waals surface area (Å²) >= 11 is 5.84. The number of benzene rings is 1. The van der Waals surface area contributed by atoms with Gasteiger partial charge in [-0.1, -0.05) is 23.2 Å². The van der Waals surface area contributed by atoms with E-state index in [4.69, 9.17) is 11.6 Å². The molecule has 1 heterocycles. The van der Waals surface area contributed by atoms with E-state index in [1.807, 2.05) is 13.0 Å². The van der Waals surface area contributed by atoms with Crippen molar-refractivity contribution in [2.24, 2.45) is 11.8 Å². The lowest BCUT2D eigenvalue weighted by molar-refractivity contribution is -0.135. The molecule has 2 aromatic rings. The molecule has 1 aliphatic carbocycles. The molecule has 1 saturated carbocycles. The molecule has 7 nitrogen and oxygen atoms in total. The smallest absolute Gasteiger partial charge is 0.258 e. The second-order valence-electron chi connectivity index (χ2n) is 8.14. The standard InChI is InChI=1S/C23H27ClN4O3/c1-14-4-10-19(18(12-14)22(30)27-20-11-9-17(24)13-25-20)26-21(29)15-5-7-16(8-6-15)23(31)28(2)3/h4,9-13,15-16H,5-8H2,1-3H3,(H,26,29)(H,25,27,30). The first-order valence-corrected chi connectivity index (χ1v) is 10.7. The molecule has 0 aliphatic heterocycles. The summed E-state index contributed by atoms with van der Waals surface area (Å²) < 4.78 is 0. The van der Waals surface area contributed by atoms with Crippen LogP contribution in [0.3, 0.4) is 0 Å². The SMILES string of the molecule is Cc1ccc(NC(=O)C2CCC(C(=O)N(C)C)CC2)c(C(=O)Nc2ccc(Cl)cn2)c1. The van der Waals surface area contributed by atoms with Crippen LogP contribution in [0.5, 0.6) is 0 Å². The van der Waals surface area contributed by atoms with Crippen molar-refractivity contribution in [3.63, 3.8) is 0 Å². The highest BCUT2D eigenvalue weighted by Gasteiger charge is 2.31. The van der Waals surface area contributed by atoms with E-state index in [1.165, 1.54) is 6.20 Å². The number of pyridine rings is 1. The van der Waals surface area contributed by atoms with Gasteiger partial charge in [-0.25, -0.2) is 4.98 Å². The van der Waals surface area contributed by atoms with Crippen molar-refractivity contribution in [3.8, 4) is 0 Å². The minimum atomic E-state index is -0.367. The highest BCUT2D eigenvalue weighted by Crippen LogP contribution is 2.31. The lowest BCUT2D eigenvalue weighted by Crippen LogP contribution is -2.35. The summed E-state index contributed by atoms with van der Waals surface area (Å²) in [6.45, 7) is 1.88. The minimum absolute atomic E-state index is 0.0216. The average molecular weight is 443 g/mol. The molecule has 0 spiro atoms. The summed E-state index contributed by atoms with van der Waals surface area (Å²) in [5, 5.41) is 6.12. The van der Waals surface area contributed by atoms with Gasteiger partial charge in [0.25, 0.3) is 5.91 Å². The molecule has 8 heteroatoms. The Labute approximate surface area is 187 Å². The van der Waals surface area contributed by atoms with E-state index in [0.29, 0.717) is 47.8 Å². The monoisotopic (exact) mass is 442 g/mol. The normalized spacial score (nSPS) is 18.2. The first-order valence-electron chi connectivity index (χ1n) is 10.3. The van der Waals surface area contributed by atoms with E-state index in [-0.39, 0.29) is 29.6 Å². The van der Waals surface area contributed by atoms with E-state index in [0.717, 1.165) is 5.56 Å². The molecule has 1 fully saturated rings. The van der Waals surface area contributed by atoms with Crippen molar-refractivity contribution in [1.29, 1.82) is 0 Å². The van der Waals surface area contributed by atoms with Gasteiger partial charge in [0.2, 0.25) is 11.8 Å². The Kier molecular flexibility index (Phi) is 7.28. The van der Waals surface area contributed by atoms with Gasteiger partial charge in [-0.05, 0) is 56.9 Å². The molecule has 1 aromatic carbocycles. The van der Waals surface area contributed by atoms with Gasteiger partial charge in [-0.3, -0.25) is 14.4 Å². The van der Waals surface area contributed by atoms with Crippen LogP contribution in [-0.2, 0) is 9.59 Å². The van der Waals surface area contributed by atoms with Crippen LogP contribution < -0.4 is 10.6 Å². The third kappa shape index (κ3) is 5.82. The molecule has 0 radical (unpaired) electrons. The van der Waals surface area contributed by atoms with E-state index in [2.05, 4.69) is 15.6 Å². The molecular weight excluding hydrogens is 416 g/mol. The summed E-state index contributed by atoms with van der Waals surface area (Å²) in [6, 6.07) is 8.56. The Morgan fingerprint density at radius 3 is 2.29 bits per heavy atom. The van der Waals surface area contributed by atoms with Crippen LogP contribution in [0.15, 0.2) is 36.5 Å². The van der Waals surface area contributed by atoms with Gasteiger partial charge in [-0.15, -0.1) is 0 Å². The van der Waals surface area contributed by atoms with Crippen molar-refractivity contribution in [1.82, 2.24) is 9.88 Å². The van der Waals surface area contributed by atoms with Crippen molar-refractivity contribution in [2.45, 2.75) is 32.6 Å². The summed E-state index contributed by atoms with van der Waals surface area (Å²) in [5.41, 5.74) is 1.71. The number of aryl methyl sites for hydroxylation is 1. The Bertz CT molecular complexity index is 967. The van der Waals surface area contributed by atoms with Gasteiger partial charge in [0.05, 0.1) is 16.3 Å². The number of nitrogens with zero attached hydrogens (tertiary/aromatic N) is 2. The maximum Gasteiger partial charge on any atom is 0.258 e. The summed E-state index contributed by atoms with van der Waals surface area (Å²) in [6.07, 6.45) is 4.14. The van der Waals surface area contributed by atoms with Crippen LogP contribution in [0.2, 0.25) is 5.02 Å². The van der Waals surface area contributed by atoms with Gasteiger partial charge >= 0.3 is 0 Å². The third-order valence-corrected chi connectivity index (χ3v) is 5.76. The fourth-order valence-electron chi connectivity index (χ4n) is 3.79. The van der Waals surface area contributed by atoms with Gasteiger partial charge < -0.3 is 15.5 Å². The number of aromatic nitrogens is 1. The maximum atomic E-state index is 12.9. The zero-order chi connectivity index (χ0) is 22.5. The van der Waals surface area contributed by atoms with Crippen molar-refractivity contribution >= 4 is 40.8 Å². The number of amides is 3. The Morgan fingerprint density at radius 2 is 1.68 bits per heavy atom. The highest BCUT2D eigenvalue weighted by molar-refractivity contribution is 6.30. The van der Waals surface area contributed by atoms with Gasteiger partial charge in [0.1, 0.15) is 5.82 Å². The van der Waals surface area contributed by atoms with Crippen LogP contribution in [0.25, 0.3) is 0 Å². The molecule has 1 aliphatic rings. The van der Waals surface area contributed by atoms with Gasteiger partial charge in [0.15, 0.2) is 0 Å². The maximum absolute atomic E-state index is 12.9. The minimum Gasteiger partial charge on any atom is -0.349 e. The lowest BCUT2D eigenvalue weighted by atomic mass is 9.81. The highest BCUT2D eigenvalue weighted by atomic mass is 35.5. The number of carbonyl (C=O) groups excluding carboxylic acids is 3. The summed E-state index contributed by atoms with van der Waals surface area (Å²) in [4.78, 5) is 43.5. The zero-order valence-electron chi connectivity index (χ0n) is 17.9. The molecule has 0 bridgehead atoms. The van der Waals surface area contributed by atoms with Crippen molar-refractivity contribution < 1.29 is 14.4 Å². The molecule has 2 N–H and O–H groups in total. The molecule has 0 saturated heterocycles. The van der Waals surface area contributed by atoms with Crippen molar-refractivity contribution in [2.75, 3.05) is 24.7 Å². The molecule has 3 rings (SSSR count). The lowest BCUT2D eigenvalue weighted by Gasteiger charge is -2.28. The zero-order valence-corrected chi connectivity index (χ0v) is 18.7. The van der Waals surface area contributed by atoms with E-state index in [1.54, 1.807) is 43.3 Å². The van der Waals surface area contributed by atoms with E-state index < -0.39 is 0 Å². The number of hydrogen-bond donors (Lipinski definition) is 2. The molecule has 164 valence electrons. The quantitative estimate of drug-likeness (QED) is 0.728. The van der Waals surface area contributed by atoms with Crippen LogP contribution in [0.4, 0.5) is 11.5 Å². The van der Waals surface area contributed by atoms with Crippen LogP contribution in [0.1, 0.15) is 41.6 Å². The van der Waals surface area contributed by atoms with Crippen LogP contribution in [-0.4, -0.2) is 41.7 Å². The average Bonchev–Trinajstić information content (AvgIpc) is 2.76. The Balaban J connectivity index is 1.68. The summed E-state index contributed by atoms with van der Waals surface area (Å²) in [7, 11) is 3.51. The second kappa shape index (κ2) is 9.92. The van der Waals surface area contributed by atoms with E-state index in [9.17, 15) is 14.4 Å². The van der Waals surface area contributed by atoms with Crippen LogP contribution >= 0.6 is 11.6 Å². The van der Waals surface area contributed by atoms with Gasteiger partial charge in [0, 0.05) is 32.1 Å². The fraction of sp³-hybridized carbons (Fsp3) is 0.391.